The van der Waals surface area contributed by atoms with Gasteiger partial charge in [0.05, 0.1) is 0 Å². The molecule has 0 fully saturated rings. The molecule has 0 rings (SSSR count). The average Bonchev–Trinajstić information content (AvgIpc) is 2.39. The van der Waals surface area contributed by atoms with Gasteiger partial charge in [-0.3, -0.25) is 9.59 Å². The fraction of sp³-hybridized carbons (Fsp3) is 0.867. The number of carboxylic acid groups (broad SMARTS) is 1. The van der Waals surface area contributed by atoms with Gasteiger partial charge in [-0.1, -0.05) is 53.4 Å². The van der Waals surface area contributed by atoms with Gasteiger partial charge in [0.1, 0.15) is 6.54 Å². The summed E-state index contributed by atoms with van der Waals surface area (Å²) < 4.78 is 0. The fourth-order valence-electron chi connectivity index (χ4n) is 1.00. The van der Waals surface area contributed by atoms with Crippen LogP contribution in [0.2, 0.25) is 0 Å². The van der Waals surface area contributed by atoms with Crippen LogP contribution in [0.3, 0.4) is 0 Å². The number of hydrogen-bond acceptors (Lipinski definition) is 3. The highest BCUT2D eigenvalue weighted by Gasteiger charge is 2.02. The van der Waals surface area contributed by atoms with Crippen molar-refractivity contribution in [3.63, 3.8) is 0 Å². The number of unbranched alkanes of at least 4 members (excludes halogenated alkanes) is 3. The summed E-state index contributed by atoms with van der Waals surface area (Å²) in [4.78, 5) is 20.9. The van der Waals surface area contributed by atoms with Crippen LogP contribution in [-0.4, -0.2) is 30.1 Å². The molecule has 0 aliphatic rings. The molecule has 0 unspecified atom stereocenters. The van der Waals surface area contributed by atoms with Crippen LogP contribution in [-0.2, 0) is 9.59 Å². The zero-order valence-corrected chi connectivity index (χ0v) is 13.7. The molecule has 1 amide bonds. The first-order valence-corrected chi connectivity index (χ1v) is 7.68. The predicted molar refractivity (Wildman–Crippen MR) is 84.7 cm³/mol. The van der Waals surface area contributed by atoms with Gasteiger partial charge in [-0.2, -0.15) is 0 Å². The third kappa shape index (κ3) is 36.0. The SMILES string of the molecule is CCC.CCCCCC(=O)NCC(=O)O.CCCCN. The molecule has 0 aromatic rings. The van der Waals surface area contributed by atoms with Crippen molar-refractivity contribution in [2.45, 2.75) is 72.6 Å². The van der Waals surface area contributed by atoms with Gasteiger partial charge in [-0.25, -0.2) is 0 Å². The van der Waals surface area contributed by atoms with Gasteiger partial charge in [-0.15, -0.1) is 0 Å². The number of carbonyl (C=O) groups excluding carboxylic acids is 1. The molecule has 5 heteroatoms. The monoisotopic (exact) mass is 290 g/mol. The molecule has 0 atom stereocenters. The predicted octanol–water partition coefficient (Wildman–Crippen LogP) is 2.93. The molecule has 4 N–H and O–H groups in total. The van der Waals surface area contributed by atoms with Crippen molar-refractivity contribution in [3.8, 4) is 0 Å². The summed E-state index contributed by atoms with van der Waals surface area (Å²) in [5.41, 5.74) is 5.14. The van der Waals surface area contributed by atoms with Crippen LogP contribution in [0.1, 0.15) is 72.6 Å². The third-order valence-electron chi connectivity index (χ3n) is 2.00. The molecule has 0 aliphatic carbocycles. The molecule has 5 nitrogen and oxygen atoms in total. The largest absolute Gasteiger partial charge is 0.480 e. The summed E-state index contributed by atoms with van der Waals surface area (Å²) in [6.07, 6.45) is 6.98. The van der Waals surface area contributed by atoms with Crippen LogP contribution in [0.15, 0.2) is 0 Å². The van der Waals surface area contributed by atoms with E-state index in [1.54, 1.807) is 0 Å². The highest BCUT2D eigenvalue weighted by atomic mass is 16.4. The summed E-state index contributed by atoms with van der Waals surface area (Å²) in [7, 11) is 0. The van der Waals surface area contributed by atoms with Crippen LogP contribution in [0.4, 0.5) is 0 Å². The Kier molecular flexibility index (Phi) is 27.6. The fourth-order valence-corrected chi connectivity index (χ4v) is 1.00. The topological polar surface area (TPSA) is 92.4 Å². The summed E-state index contributed by atoms with van der Waals surface area (Å²) in [5.74, 6) is -1.18. The Bertz CT molecular complexity index is 207. The van der Waals surface area contributed by atoms with Gasteiger partial charge in [0.15, 0.2) is 0 Å². The molecule has 0 saturated heterocycles. The summed E-state index contributed by atoms with van der Waals surface area (Å²) in [6.45, 7) is 9.00. The average molecular weight is 290 g/mol. The van der Waals surface area contributed by atoms with Crippen molar-refractivity contribution >= 4 is 11.9 Å². The van der Waals surface area contributed by atoms with E-state index in [2.05, 4.69) is 33.0 Å². The Morgan fingerprint density at radius 3 is 1.80 bits per heavy atom. The normalized spacial score (nSPS) is 8.65. The van der Waals surface area contributed by atoms with E-state index in [4.69, 9.17) is 10.8 Å². The number of carboxylic acids is 1. The van der Waals surface area contributed by atoms with Crippen molar-refractivity contribution in [2.75, 3.05) is 13.1 Å². The lowest BCUT2D eigenvalue weighted by molar-refractivity contribution is -0.137. The lowest BCUT2D eigenvalue weighted by atomic mass is 10.2. The second-order valence-electron chi connectivity index (χ2n) is 4.48. The van der Waals surface area contributed by atoms with Crippen molar-refractivity contribution in [3.05, 3.63) is 0 Å². The molecular weight excluding hydrogens is 256 g/mol. The zero-order chi connectivity index (χ0) is 16.2. The van der Waals surface area contributed by atoms with Gasteiger partial charge >= 0.3 is 5.97 Å². The Hall–Kier alpha value is -1.10. The van der Waals surface area contributed by atoms with Gasteiger partial charge in [-0.05, 0) is 19.4 Å². The quantitative estimate of drug-likeness (QED) is 0.599. The minimum absolute atomic E-state index is 0.175. The minimum Gasteiger partial charge on any atom is -0.480 e. The highest BCUT2D eigenvalue weighted by molar-refractivity contribution is 5.80. The van der Waals surface area contributed by atoms with E-state index < -0.39 is 5.97 Å². The maximum atomic E-state index is 10.8. The smallest absolute Gasteiger partial charge is 0.322 e. The molecule has 0 aromatic carbocycles. The molecule has 0 radical (unpaired) electrons. The van der Waals surface area contributed by atoms with Crippen LogP contribution in [0, 0.1) is 0 Å². The van der Waals surface area contributed by atoms with Gasteiger partial charge in [0.25, 0.3) is 0 Å². The van der Waals surface area contributed by atoms with E-state index in [9.17, 15) is 9.59 Å². The number of hydrogen-bond donors (Lipinski definition) is 3. The maximum Gasteiger partial charge on any atom is 0.322 e. The first kappa shape index (κ1) is 24.0. The van der Waals surface area contributed by atoms with E-state index >= 15 is 0 Å². The van der Waals surface area contributed by atoms with Crippen LogP contribution in [0.25, 0.3) is 0 Å². The number of nitrogens with one attached hydrogen (secondary N) is 1. The van der Waals surface area contributed by atoms with E-state index in [-0.39, 0.29) is 12.5 Å². The maximum absolute atomic E-state index is 10.8. The number of aliphatic carboxylic acids is 1. The Labute approximate surface area is 124 Å². The van der Waals surface area contributed by atoms with Crippen LogP contribution >= 0.6 is 0 Å². The van der Waals surface area contributed by atoms with Crippen molar-refractivity contribution in [1.29, 1.82) is 0 Å². The van der Waals surface area contributed by atoms with Crippen molar-refractivity contribution in [2.24, 2.45) is 5.73 Å². The Morgan fingerprint density at radius 1 is 1.00 bits per heavy atom. The summed E-state index contributed by atoms with van der Waals surface area (Å²) in [5, 5.41) is 10.5. The van der Waals surface area contributed by atoms with E-state index in [0.29, 0.717) is 6.42 Å². The summed E-state index contributed by atoms with van der Waals surface area (Å²) >= 11 is 0. The van der Waals surface area contributed by atoms with E-state index in [1.807, 2.05) is 0 Å². The first-order chi connectivity index (χ1) is 9.49. The number of carbonyl (C=O) groups is 2. The van der Waals surface area contributed by atoms with Gasteiger partial charge in [0.2, 0.25) is 5.91 Å². The van der Waals surface area contributed by atoms with Gasteiger partial charge < -0.3 is 16.2 Å². The van der Waals surface area contributed by atoms with Crippen molar-refractivity contribution < 1.29 is 14.7 Å². The summed E-state index contributed by atoms with van der Waals surface area (Å²) in [6, 6.07) is 0. The molecule has 0 bridgehead atoms. The molecule has 0 aromatic heterocycles. The van der Waals surface area contributed by atoms with Crippen molar-refractivity contribution in [1.82, 2.24) is 5.32 Å². The van der Waals surface area contributed by atoms with Gasteiger partial charge in [0, 0.05) is 6.42 Å². The second kappa shape index (κ2) is 23.0. The molecule has 0 aliphatic heterocycles. The minimum atomic E-state index is -1.00. The lowest BCUT2D eigenvalue weighted by Crippen LogP contribution is -2.28. The zero-order valence-electron chi connectivity index (χ0n) is 13.7. The molecule has 0 spiro atoms. The second-order valence-corrected chi connectivity index (χ2v) is 4.48. The Balaban J connectivity index is -0.000000299. The molecule has 0 heterocycles. The highest BCUT2D eigenvalue weighted by Crippen LogP contribution is 1.97. The number of rotatable bonds is 8. The molecule has 0 saturated carbocycles. The standard InChI is InChI=1S/C8H15NO3.C4H11N.C3H8/c1-2-3-4-5-7(10)9-6-8(11)12;1-2-3-4-5;1-3-2/h2-6H2,1H3,(H,9,10)(H,11,12);2-5H2,1H3;3H2,1-2H3. The molecule has 122 valence electrons. The first-order valence-electron chi connectivity index (χ1n) is 7.68. The third-order valence-corrected chi connectivity index (χ3v) is 2.00. The number of amides is 1. The molecule has 20 heavy (non-hydrogen) atoms. The van der Waals surface area contributed by atoms with E-state index in [0.717, 1.165) is 25.8 Å². The molecular formula is C15H34N2O3. The van der Waals surface area contributed by atoms with E-state index in [1.165, 1.54) is 19.3 Å². The Morgan fingerprint density at radius 2 is 1.50 bits per heavy atom. The van der Waals surface area contributed by atoms with Crippen LogP contribution in [0.5, 0.6) is 0 Å². The van der Waals surface area contributed by atoms with Crippen LogP contribution < -0.4 is 11.1 Å². The number of nitrogens with two attached hydrogens (primary N) is 1. The lowest BCUT2D eigenvalue weighted by Gasteiger charge is -2.00.